The molecule has 0 saturated heterocycles. The summed E-state index contributed by atoms with van der Waals surface area (Å²) < 4.78 is 0. The molecule has 0 saturated carbocycles. The molecular weight excluding hydrogens is 286 g/mol. The Hall–Kier alpha value is -1.52. The SMILES string of the molecule is CC(C)(C)NC(=O)CCNCc1c[nH]c2cc(Cl)ccc12. The minimum absolute atomic E-state index is 0.0701. The number of nitrogens with one attached hydrogen (secondary N) is 3. The topological polar surface area (TPSA) is 56.9 Å². The van der Waals surface area contributed by atoms with Gasteiger partial charge in [-0.2, -0.15) is 0 Å². The molecule has 0 fully saturated rings. The van der Waals surface area contributed by atoms with Crippen molar-refractivity contribution < 1.29 is 4.79 Å². The number of carbonyl (C=O) groups is 1. The number of hydrogen-bond acceptors (Lipinski definition) is 2. The van der Waals surface area contributed by atoms with E-state index < -0.39 is 0 Å². The molecule has 0 aliphatic rings. The van der Waals surface area contributed by atoms with Crippen LogP contribution in [0.25, 0.3) is 10.9 Å². The van der Waals surface area contributed by atoms with Crippen LogP contribution < -0.4 is 10.6 Å². The second-order valence-electron chi connectivity index (χ2n) is 6.23. The van der Waals surface area contributed by atoms with Gasteiger partial charge in [-0.25, -0.2) is 0 Å². The van der Waals surface area contributed by atoms with Crippen LogP contribution in [0.3, 0.4) is 0 Å². The van der Waals surface area contributed by atoms with Gasteiger partial charge in [-0.3, -0.25) is 4.79 Å². The summed E-state index contributed by atoms with van der Waals surface area (Å²) >= 11 is 5.96. The highest BCUT2D eigenvalue weighted by Crippen LogP contribution is 2.21. The molecule has 0 aliphatic heterocycles. The first-order valence-corrected chi connectivity index (χ1v) is 7.50. The fraction of sp³-hybridized carbons (Fsp3) is 0.438. The van der Waals surface area contributed by atoms with Crippen LogP contribution in [0.2, 0.25) is 5.02 Å². The van der Waals surface area contributed by atoms with Gasteiger partial charge in [0, 0.05) is 47.2 Å². The highest BCUT2D eigenvalue weighted by atomic mass is 35.5. The van der Waals surface area contributed by atoms with E-state index in [1.807, 2.05) is 45.2 Å². The highest BCUT2D eigenvalue weighted by Gasteiger charge is 2.13. The smallest absolute Gasteiger partial charge is 0.221 e. The average molecular weight is 308 g/mol. The zero-order chi connectivity index (χ0) is 15.5. The maximum absolute atomic E-state index is 11.7. The summed E-state index contributed by atoms with van der Waals surface area (Å²) in [6.45, 7) is 7.33. The van der Waals surface area contributed by atoms with Crippen molar-refractivity contribution in [2.45, 2.75) is 39.3 Å². The molecule has 0 aliphatic carbocycles. The van der Waals surface area contributed by atoms with Crippen LogP contribution in [0.4, 0.5) is 0 Å². The third kappa shape index (κ3) is 4.76. The van der Waals surface area contributed by atoms with E-state index in [1.165, 1.54) is 5.56 Å². The van der Waals surface area contributed by atoms with E-state index in [0.29, 0.717) is 13.0 Å². The summed E-state index contributed by atoms with van der Waals surface area (Å²) in [4.78, 5) is 14.9. The first-order chi connectivity index (χ1) is 9.85. The summed E-state index contributed by atoms with van der Waals surface area (Å²) in [5.74, 6) is 0.0701. The Balaban J connectivity index is 1.82. The van der Waals surface area contributed by atoms with Crippen molar-refractivity contribution >= 4 is 28.4 Å². The molecule has 2 rings (SSSR count). The van der Waals surface area contributed by atoms with Gasteiger partial charge in [-0.1, -0.05) is 17.7 Å². The maximum atomic E-state index is 11.7. The maximum Gasteiger partial charge on any atom is 0.221 e. The normalized spacial score (nSPS) is 11.8. The van der Waals surface area contributed by atoms with Crippen LogP contribution in [0, 0.1) is 0 Å². The predicted octanol–water partition coefficient (Wildman–Crippen LogP) is 3.22. The Morgan fingerprint density at radius 1 is 1.33 bits per heavy atom. The largest absolute Gasteiger partial charge is 0.361 e. The lowest BCUT2D eigenvalue weighted by Crippen LogP contribution is -2.41. The van der Waals surface area contributed by atoms with Crippen molar-refractivity contribution in [3.05, 3.63) is 35.0 Å². The molecular formula is C16H22ClN3O. The number of rotatable bonds is 5. The van der Waals surface area contributed by atoms with Crippen molar-refractivity contribution in [2.24, 2.45) is 0 Å². The standard InChI is InChI=1S/C16H22ClN3O/c1-16(2,3)20-15(21)6-7-18-9-11-10-19-14-8-12(17)4-5-13(11)14/h4-5,8,10,18-19H,6-7,9H2,1-3H3,(H,20,21). The van der Waals surface area contributed by atoms with Gasteiger partial charge in [0.05, 0.1) is 0 Å². The molecule has 1 aromatic heterocycles. The van der Waals surface area contributed by atoms with Gasteiger partial charge in [0.25, 0.3) is 0 Å². The summed E-state index contributed by atoms with van der Waals surface area (Å²) in [5, 5.41) is 8.13. The van der Waals surface area contributed by atoms with E-state index in [9.17, 15) is 4.79 Å². The van der Waals surface area contributed by atoms with Crippen molar-refractivity contribution in [3.63, 3.8) is 0 Å². The highest BCUT2D eigenvalue weighted by molar-refractivity contribution is 6.31. The van der Waals surface area contributed by atoms with Gasteiger partial charge in [0.15, 0.2) is 0 Å². The van der Waals surface area contributed by atoms with Crippen LogP contribution in [0.15, 0.2) is 24.4 Å². The molecule has 0 radical (unpaired) electrons. The molecule has 0 unspecified atom stereocenters. The van der Waals surface area contributed by atoms with E-state index >= 15 is 0 Å². The Morgan fingerprint density at radius 2 is 2.10 bits per heavy atom. The summed E-state index contributed by atoms with van der Waals surface area (Å²) in [5.41, 5.74) is 2.04. The summed E-state index contributed by atoms with van der Waals surface area (Å²) in [6.07, 6.45) is 2.45. The molecule has 21 heavy (non-hydrogen) atoms. The molecule has 114 valence electrons. The molecule has 1 aromatic carbocycles. The molecule has 1 amide bonds. The number of aromatic nitrogens is 1. The zero-order valence-electron chi connectivity index (χ0n) is 12.7. The number of benzene rings is 1. The van der Waals surface area contributed by atoms with Gasteiger partial charge in [-0.15, -0.1) is 0 Å². The zero-order valence-corrected chi connectivity index (χ0v) is 13.5. The molecule has 0 atom stereocenters. The van der Waals surface area contributed by atoms with E-state index in [4.69, 9.17) is 11.6 Å². The number of carbonyl (C=O) groups excluding carboxylic acids is 1. The average Bonchev–Trinajstić information content (AvgIpc) is 2.75. The Morgan fingerprint density at radius 3 is 2.81 bits per heavy atom. The second kappa shape index (κ2) is 6.50. The number of amides is 1. The number of halogens is 1. The van der Waals surface area contributed by atoms with E-state index in [2.05, 4.69) is 15.6 Å². The quantitative estimate of drug-likeness (QED) is 0.743. The second-order valence-corrected chi connectivity index (χ2v) is 6.67. The molecule has 0 bridgehead atoms. The van der Waals surface area contributed by atoms with Crippen molar-refractivity contribution in [1.82, 2.24) is 15.6 Å². The van der Waals surface area contributed by atoms with Gasteiger partial charge >= 0.3 is 0 Å². The molecule has 2 aromatic rings. The number of fused-ring (bicyclic) bond motifs is 1. The Bertz CT molecular complexity index is 628. The van der Waals surface area contributed by atoms with Crippen LogP contribution in [0.1, 0.15) is 32.8 Å². The fourth-order valence-corrected chi connectivity index (χ4v) is 2.38. The lowest BCUT2D eigenvalue weighted by molar-refractivity contribution is -0.122. The third-order valence-electron chi connectivity index (χ3n) is 3.09. The van der Waals surface area contributed by atoms with Crippen LogP contribution in [0.5, 0.6) is 0 Å². The van der Waals surface area contributed by atoms with Crippen molar-refractivity contribution in [1.29, 1.82) is 0 Å². The van der Waals surface area contributed by atoms with Crippen molar-refractivity contribution in [3.8, 4) is 0 Å². The predicted molar refractivity (Wildman–Crippen MR) is 87.5 cm³/mol. The van der Waals surface area contributed by atoms with Gasteiger partial charge in [0.2, 0.25) is 5.91 Å². The molecule has 0 spiro atoms. The van der Waals surface area contributed by atoms with Crippen LogP contribution in [-0.2, 0) is 11.3 Å². The number of hydrogen-bond donors (Lipinski definition) is 3. The van der Waals surface area contributed by atoms with E-state index in [0.717, 1.165) is 22.5 Å². The minimum atomic E-state index is -0.173. The fourth-order valence-electron chi connectivity index (χ4n) is 2.21. The Kier molecular flexibility index (Phi) is 4.91. The number of H-pyrrole nitrogens is 1. The van der Waals surface area contributed by atoms with Gasteiger partial charge in [-0.05, 0) is 38.5 Å². The molecule has 5 heteroatoms. The first-order valence-electron chi connectivity index (χ1n) is 7.12. The molecule has 3 N–H and O–H groups in total. The van der Waals surface area contributed by atoms with Crippen molar-refractivity contribution in [2.75, 3.05) is 6.54 Å². The minimum Gasteiger partial charge on any atom is -0.361 e. The summed E-state index contributed by atoms with van der Waals surface area (Å²) in [7, 11) is 0. The van der Waals surface area contributed by atoms with Gasteiger partial charge < -0.3 is 15.6 Å². The summed E-state index contributed by atoms with van der Waals surface area (Å²) in [6, 6.07) is 5.81. The monoisotopic (exact) mass is 307 g/mol. The number of aromatic amines is 1. The third-order valence-corrected chi connectivity index (χ3v) is 3.32. The van der Waals surface area contributed by atoms with E-state index in [-0.39, 0.29) is 11.4 Å². The van der Waals surface area contributed by atoms with Crippen LogP contribution in [-0.4, -0.2) is 23.0 Å². The lowest BCUT2D eigenvalue weighted by atomic mass is 10.1. The lowest BCUT2D eigenvalue weighted by Gasteiger charge is -2.20. The van der Waals surface area contributed by atoms with E-state index in [1.54, 1.807) is 0 Å². The molecule has 4 nitrogen and oxygen atoms in total. The Labute approximate surface area is 130 Å². The van der Waals surface area contributed by atoms with Gasteiger partial charge in [0.1, 0.15) is 0 Å². The first kappa shape index (κ1) is 15.9. The molecule has 1 heterocycles. The van der Waals surface area contributed by atoms with Crippen LogP contribution >= 0.6 is 11.6 Å².